The van der Waals surface area contributed by atoms with E-state index in [0.717, 1.165) is 42.4 Å². The minimum Gasteiger partial charge on any atom is -0.345 e. The maximum Gasteiger partial charge on any atom is 0.252 e. The Kier molecular flexibility index (Phi) is 6.98. The highest BCUT2D eigenvalue weighted by Gasteiger charge is 2.27. The molecule has 2 aromatic carbocycles. The number of piperidine rings is 1. The molecule has 1 atom stereocenters. The molecule has 0 spiro atoms. The van der Waals surface area contributed by atoms with Crippen LogP contribution in [0, 0.1) is 20.8 Å². The Bertz CT molecular complexity index is 1020. The van der Waals surface area contributed by atoms with Crippen molar-refractivity contribution in [3.05, 3.63) is 64.2 Å². The maximum absolute atomic E-state index is 13.1. The maximum atomic E-state index is 13.1. The van der Waals surface area contributed by atoms with Gasteiger partial charge >= 0.3 is 0 Å². The van der Waals surface area contributed by atoms with Crippen molar-refractivity contribution in [3.63, 3.8) is 0 Å². The quantitative estimate of drug-likeness (QED) is 0.727. The number of hydrogen-bond acceptors (Lipinski definition) is 3. The highest BCUT2D eigenvalue weighted by Crippen LogP contribution is 2.25. The second-order valence-corrected chi connectivity index (χ2v) is 10.2. The Hall–Kier alpha value is -2.18. The third-order valence-corrected chi connectivity index (χ3v) is 7.82. The summed E-state index contributed by atoms with van der Waals surface area (Å²) in [6, 6.07) is 11.0. The third-order valence-electron chi connectivity index (χ3n) is 5.92. The summed E-state index contributed by atoms with van der Waals surface area (Å²) in [5.41, 5.74) is 4.59. The number of rotatable bonds is 6. The number of sulfonamides is 1. The summed E-state index contributed by atoms with van der Waals surface area (Å²) in [5.74, 6) is -0.241. The second kappa shape index (κ2) is 9.31. The zero-order chi connectivity index (χ0) is 21.9. The Morgan fingerprint density at radius 2 is 1.70 bits per heavy atom. The minimum absolute atomic E-state index is 0.125. The number of nitrogens with zero attached hydrogens (tertiary/aromatic N) is 1. The van der Waals surface area contributed by atoms with Gasteiger partial charge in [0, 0.05) is 18.7 Å². The van der Waals surface area contributed by atoms with E-state index in [1.54, 1.807) is 12.1 Å². The van der Waals surface area contributed by atoms with Crippen LogP contribution in [0.4, 0.5) is 0 Å². The molecule has 3 rings (SSSR count). The summed E-state index contributed by atoms with van der Waals surface area (Å²) >= 11 is 0. The zero-order valence-corrected chi connectivity index (χ0v) is 19.2. The SMILES string of the molecule is CC[C@@H](NC(=O)c1cc(S(=O)(=O)N2CCCCC2)ccc1C)c1ccc(C)cc1C. The fourth-order valence-electron chi connectivity index (χ4n) is 4.11. The van der Waals surface area contributed by atoms with Crippen molar-refractivity contribution in [2.24, 2.45) is 0 Å². The summed E-state index contributed by atoms with van der Waals surface area (Å²) in [6.45, 7) is 9.06. The molecule has 2 aromatic rings. The topological polar surface area (TPSA) is 66.5 Å². The molecule has 1 aliphatic rings. The van der Waals surface area contributed by atoms with E-state index in [4.69, 9.17) is 0 Å². The number of carbonyl (C=O) groups excluding carboxylic acids is 1. The molecule has 1 aliphatic heterocycles. The molecule has 1 heterocycles. The number of benzene rings is 2. The minimum atomic E-state index is -3.58. The number of aryl methyl sites for hydroxylation is 3. The van der Waals surface area contributed by atoms with Gasteiger partial charge in [0.25, 0.3) is 5.91 Å². The van der Waals surface area contributed by atoms with E-state index >= 15 is 0 Å². The van der Waals surface area contributed by atoms with Crippen LogP contribution in [0.5, 0.6) is 0 Å². The molecule has 0 saturated carbocycles. The lowest BCUT2D eigenvalue weighted by molar-refractivity contribution is 0.0934. The van der Waals surface area contributed by atoms with Gasteiger partial charge in [0.05, 0.1) is 10.9 Å². The molecule has 6 heteroatoms. The molecule has 1 amide bonds. The normalized spacial score (nSPS) is 16.3. The van der Waals surface area contributed by atoms with Crippen molar-refractivity contribution in [2.75, 3.05) is 13.1 Å². The molecule has 0 radical (unpaired) electrons. The van der Waals surface area contributed by atoms with E-state index < -0.39 is 10.0 Å². The Morgan fingerprint density at radius 3 is 2.33 bits per heavy atom. The van der Waals surface area contributed by atoms with Crippen LogP contribution in [-0.4, -0.2) is 31.7 Å². The van der Waals surface area contributed by atoms with Crippen molar-refractivity contribution in [1.82, 2.24) is 9.62 Å². The van der Waals surface area contributed by atoms with Gasteiger partial charge < -0.3 is 5.32 Å². The van der Waals surface area contributed by atoms with Crippen molar-refractivity contribution in [2.45, 2.75) is 64.3 Å². The first-order chi connectivity index (χ1) is 14.2. The van der Waals surface area contributed by atoms with Gasteiger partial charge in [-0.3, -0.25) is 4.79 Å². The number of carbonyl (C=O) groups is 1. The lowest BCUT2D eigenvalue weighted by Gasteiger charge is -2.26. The molecule has 0 bridgehead atoms. The summed E-state index contributed by atoms with van der Waals surface area (Å²) in [6.07, 6.45) is 3.57. The molecule has 1 saturated heterocycles. The summed E-state index contributed by atoms with van der Waals surface area (Å²) in [5, 5.41) is 3.11. The van der Waals surface area contributed by atoms with Gasteiger partial charge in [0.15, 0.2) is 0 Å². The predicted octanol–water partition coefficient (Wildman–Crippen LogP) is 4.67. The van der Waals surface area contributed by atoms with Crippen LogP contribution in [0.15, 0.2) is 41.3 Å². The molecule has 5 nitrogen and oxygen atoms in total. The van der Waals surface area contributed by atoms with Crippen molar-refractivity contribution in [1.29, 1.82) is 0 Å². The molecule has 0 aliphatic carbocycles. The van der Waals surface area contributed by atoms with E-state index in [-0.39, 0.29) is 16.8 Å². The van der Waals surface area contributed by atoms with Crippen LogP contribution in [0.2, 0.25) is 0 Å². The summed E-state index contributed by atoms with van der Waals surface area (Å²) in [7, 11) is -3.58. The Balaban J connectivity index is 1.87. The lowest BCUT2D eigenvalue weighted by atomic mass is 9.97. The van der Waals surface area contributed by atoms with E-state index in [0.29, 0.717) is 18.7 Å². The van der Waals surface area contributed by atoms with Crippen LogP contribution in [0.25, 0.3) is 0 Å². The smallest absolute Gasteiger partial charge is 0.252 e. The van der Waals surface area contributed by atoms with Crippen LogP contribution in [0.1, 0.15) is 71.3 Å². The average Bonchev–Trinajstić information content (AvgIpc) is 2.73. The molecule has 1 N–H and O–H groups in total. The highest BCUT2D eigenvalue weighted by molar-refractivity contribution is 7.89. The standard InChI is InChI=1S/C24H32N2O3S/c1-5-23(21-12-9-17(2)15-19(21)4)25-24(27)22-16-20(11-10-18(22)3)30(28,29)26-13-7-6-8-14-26/h9-12,15-16,23H,5-8,13-14H2,1-4H3,(H,25,27)/t23-/m1/s1. The molecule has 1 fully saturated rings. The first-order valence-corrected chi connectivity index (χ1v) is 12.2. The van der Waals surface area contributed by atoms with Crippen LogP contribution >= 0.6 is 0 Å². The van der Waals surface area contributed by atoms with Gasteiger partial charge in [-0.25, -0.2) is 8.42 Å². The zero-order valence-electron chi connectivity index (χ0n) is 18.4. The average molecular weight is 429 g/mol. The van der Waals surface area contributed by atoms with Crippen LogP contribution in [-0.2, 0) is 10.0 Å². The van der Waals surface area contributed by atoms with E-state index in [1.807, 2.05) is 33.8 Å². The first kappa shape index (κ1) is 22.5. The molecule has 30 heavy (non-hydrogen) atoms. The van der Waals surface area contributed by atoms with Crippen molar-refractivity contribution in [3.8, 4) is 0 Å². The highest BCUT2D eigenvalue weighted by atomic mass is 32.2. The third kappa shape index (κ3) is 4.76. The molecule has 0 unspecified atom stereocenters. The number of nitrogens with one attached hydrogen (secondary N) is 1. The van der Waals surface area contributed by atoms with Gasteiger partial charge in [-0.05, 0) is 68.9 Å². The molecule has 162 valence electrons. The van der Waals surface area contributed by atoms with Gasteiger partial charge in [-0.15, -0.1) is 0 Å². The molecule has 0 aromatic heterocycles. The number of hydrogen-bond donors (Lipinski definition) is 1. The largest absolute Gasteiger partial charge is 0.345 e. The Morgan fingerprint density at radius 1 is 1.00 bits per heavy atom. The van der Waals surface area contributed by atoms with E-state index in [1.165, 1.54) is 15.9 Å². The van der Waals surface area contributed by atoms with Crippen LogP contribution < -0.4 is 5.32 Å². The monoisotopic (exact) mass is 428 g/mol. The summed E-state index contributed by atoms with van der Waals surface area (Å²) in [4.78, 5) is 13.3. The fourth-order valence-corrected chi connectivity index (χ4v) is 5.66. The van der Waals surface area contributed by atoms with Gasteiger partial charge in [-0.2, -0.15) is 4.31 Å². The molecular formula is C24H32N2O3S. The van der Waals surface area contributed by atoms with Crippen molar-refractivity contribution < 1.29 is 13.2 Å². The van der Waals surface area contributed by atoms with Gasteiger partial charge in [-0.1, -0.05) is 43.2 Å². The second-order valence-electron chi connectivity index (χ2n) is 8.24. The molecular weight excluding hydrogens is 396 g/mol. The fraction of sp³-hybridized carbons (Fsp3) is 0.458. The first-order valence-electron chi connectivity index (χ1n) is 10.7. The lowest BCUT2D eigenvalue weighted by Crippen LogP contribution is -2.36. The van der Waals surface area contributed by atoms with E-state index in [2.05, 4.69) is 17.4 Å². The Labute approximate surface area is 180 Å². The van der Waals surface area contributed by atoms with Gasteiger partial charge in [0.1, 0.15) is 0 Å². The summed E-state index contributed by atoms with van der Waals surface area (Å²) < 4.78 is 27.6. The number of amides is 1. The van der Waals surface area contributed by atoms with Gasteiger partial charge in [0.2, 0.25) is 10.0 Å². The predicted molar refractivity (Wildman–Crippen MR) is 120 cm³/mol. The van der Waals surface area contributed by atoms with Crippen molar-refractivity contribution >= 4 is 15.9 Å². The van der Waals surface area contributed by atoms with Crippen LogP contribution in [0.3, 0.4) is 0 Å². The van der Waals surface area contributed by atoms with E-state index in [9.17, 15) is 13.2 Å².